The van der Waals surface area contributed by atoms with E-state index in [2.05, 4.69) is 10.5 Å². The zero-order valence-corrected chi connectivity index (χ0v) is 15.9. The van der Waals surface area contributed by atoms with Crippen molar-refractivity contribution in [3.8, 4) is 22.8 Å². The molecule has 0 aliphatic carbocycles. The molecule has 7 nitrogen and oxygen atoms in total. The van der Waals surface area contributed by atoms with E-state index >= 15 is 0 Å². The Morgan fingerprint density at radius 1 is 1.07 bits per heavy atom. The fourth-order valence-electron chi connectivity index (χ4n) is 2.64. The second-order valence-electron chi connectivity index (χ2n) is 5.95. The second-order valence-corrected chi connectivity index (χ2v) is 6.82. The lowest BCUT2D eigenvalue weighted by Gasteiger charge is -2.06. The summed E-state index contributed by atoms with van der Waals surface area (Å²) in [5.41, 5.74) is 1.86. The van der Waals surface area contributed by atoms with Crippen molar-refractivity contribution in [3.63, 3.8) is 0 Å². The first kappa shape index (κ1) is 18.6. The molecule has 0 radical (unpaired) electrons. The smallest absolute Gasteiger partial charge is 0.250 e. The summed E-state index contributed by atoms with van der Waals surface area (Å²) in [6.45, 7) is 0.172. The Labute approximate surface area is 170 Å². The lowest BCUT2D eigenvalue weighted by molar-refractivity contribution is -0.121. The maximum absolute atomic E-state index is 12.0. The highest BCUT2D eigenvalue weighted by atomic mass is 35.5. The number of hydrogen-bond donors (Lipinski definition) is 1. The lowest BCUT2D eigenvalue weighted by atomic mass is 10.1. The second kappa shape index (κ2) is 8.10. The summed E-state index contributed by atoms with van der Waals surface area (Å²) < 4.78 is 21.4. The van der Waals surface area contributed by atoms with Gasteiger partial charge in [0, 0.05) is 27.4 Å². The maximum Gasteiger partial charge on any atom is 0.250 e. The number of benzene rings is 2. The third-order valence-corrected chi connectivity index (χ3v) is 4.28. The molecule has 1 N–H and O–H groups in total. The zero-order valence-electron chi connectivity index (χ0n) is 14.4. The van der Waals surface area contributed by atoms with E-state index in [1.807, 2.05) is 18.2 Å². The van der Waals surface area contributed by atoms with Gasteiger partial charge in [0.05, 0.1) is 6.61 Å². The summed E-state index contributed by atoms with van der Waals surface area (Å²) in [7, 11) is 0. The van der Waals surface area contributed by atoms with Crippen LogP contribution < -0.4 is 14.8 Å². The zero-order chi connectivity index (χ0) is 19.5. The van der Waals surface area contributed by atoms with Gasteiger partial charge in [-0.1, -0.05) is 28.4 Å². The Balaban J connectivity index is 1.30. The van der Waals surface area contributed by atoms with E-state index in [1.54, 1.807) is 24.3 Å². The number of nitrogens with zero attached hydrogens (tertiary/aromatic N) is 1. The number of fused-ring (bicyclic) bond motifs is 1. The number of nitrogens with one attached hydrogen (secondary N) is 1. The number of hydrogen-bond acceptors (Lipinski definition) is 6. The summed E-state index contributed by atoms with van der Waals surface area (Å²) in [6, 6.07) is 12.0. The van der Waals surface area contributed by atoms with Crippen molar-refractivity contribution in [2.45, 2.75) is 6.61 Å². The van der Waals surface area contributed by atoms with Crippen LogP contribution in [-0.2, 0) is 16.1 Å². The van der Waals surface area contributed by atoms with Crippen LogP contribution in [0.2, 0.25) is 10.0 Å². The van der Waals surface area contributed by atoms with Crippen molar-refractivity contribution >= 4 is 34.8 Å². The molecule has 2 aromatic carbocycles. The van der Waals surface area contributed by atoms with Gasteiger partial charge >= 0.3 is 0 Å². The van der Waals surface area contributed by atoms with Crippen molar-refractivity contribution in [1.82, 2.24) is 5.16 Å². The van der Waals surface area contributed by atoms with Crippen LogP contribution in [0.15, 0.2) is 47.0 Å². The minimum absolute atomic E-state index is 0.123. The molecule has 0 unspecified atom stereocenters. The van der Waals surface area contributed by atoms with E-state index in [-0.39, 0.29) is 25.9 Å². The van der Waals surface area contributed by atoms with Crippen molar-refractivity contribution in [1.29, 1.82) is 0 Å². The van der Waals surface area contributed by atoms with Gasteiger partial charge in [-0.25, -0.2) is 0 Å². The molecular formula is C19H14Cl2N2O5. The molecule has 1 aromatic heterocycles. The van der Waals surface area contributed by atoms with Gasteiger partial charge in [-0.05, 0) is 36.4 Å². The van der Waals surface area contributed by atoms with Crippen LogP contribution in [0.4, 0.5) is 5.69 Å². The first-order valence-corrected chi connectivity index (χ1v) is 9.02. The van der Waals surface area contributed by atoms with Gasteiger partial charge in [-0.2, -0.15) is 0 Å². The highest BCUT2D eigenvalue weighted by molar-refractivity contribution is 6.35. The van der Waals surface area contributed by atoms with Crippen LogP contribution in [-0.4, -0.2) is 24.5 Å². The quantitative estimate of drug-likeness (QED) is 0.630. The number of carbonyl (C=O) groups excluding carboxylic acids is 1. The van der Waals surface area contributed by atoms with Crippen LogP contribution in [0.3, 0.4) is 0 Å². The normalized spacial score (nSPS) is 12.2. The summed E-state index contributed by atoms with van der Waals surface area (Å²) in [5, 5.41) is 7.48. The Morgan fingerprint density at radius 2 is 1.86 bits per heavy atom. The summed E-state index contributed by atoms with van der Waals surface area (Å²) >= 11 is 11.8. The predicted molar refractivity (Wildman–Crippen MR) is 103 cm³/mol. The summed E-state index contributed by atoms with van der Waals surface area (Å²) in [5.74, 6) is 1.58. The van der Waals surface area contributed by atoms with Gasteiger partial charge in [0.25, 0.3) is 0 Å². The molecule has 0 bridgehead atoms. The molecule has 0 spiro atoms. The highest BCUT2D eigenvalue weighted by Crippen LogP contribution is 2.36. The van der Waals surface area contributed by atoms with Crippen molar-refractivity contribution in [3.05, 3.63) is 58.2 Å². The molecule has 0 saturated heterocycles. The summed E-state index contributed by atoms with van der Waals surface area (Å²) in [4.78, 5) is 12.0. The molecule has 0 fully saturated rings. The third-order valence-electron chi connectivity index (χ3n) is 3.85. The highest BCUT2D eigenvalue weighted by Gasteiger charge is 2.16. The Morgan fingerprint density at radius 3 is 2.68 bits per heavy atom. The molecule has 1 aliphatic heterocycles. The Kier molecular flexibility index (Phi) is 5.38. The van der Waals surface area contributed by atoms with Crippen LogP contribution in [0.5, 0.6) is 11.5 Å². The van der Waals surface area contributed by atoms with Crippen LogP contribution in [0.25, 0.3) is 11.3 Å². The minimum atomic E-state index is -0.335. The standard InChI is InChI=1S/C19H14Cl2N2O5/c20-12-4-13(21)6-14(5-12)22-19(24)9-25-8-15-7-17(28-23-15)11-1-2-16-18(3-11)27-10-26-16/h1-7H,8-10H2,(H,22,24). The number of carbonyl (C=O) groups is 1. The Bertz CT molecular complexity index is 1000. The minimum Gasteiger partial charge on any atom is -0.454 e. The third kappa shape index (κ3) is 4.39. The molecule has 9 heteroatoms. The Hall–Kier alpha value is -2.74. The lowest BCUT2D eigenvalue weighted by Crippen LogP contribution is -2.18. The van der Waals surface area contributed by atoms with Gasteiger partial charge in [0.15, 0.2) is 17.3 Å². The number of aromatic nitrogens is 1. The largest absolute Gasteiger partial charge is 0.454 e. The molecular weight excluding hydrogens is 407 g/mol. The average molecular weight is 421 g/mol. The average Bonchev–Trinajstić information content (AvgIpc) is 3.29. The van der Waals surface area contributed by atoms with Gasteiger partial charge in [0.2, 0.25) is 12.7 Å². The number of ether oxygens (including phenoxy) is 3. The molecule has 1 aliphatic rings. The van der Waals surface area contributed by atoms with Gasteiger partial charge in [-0.3, -0.25) is 4.79 Å². The molecule has 0 atom stereocenters. The van der Waals surface area contributed by atoms with Gasteiger partial charge in [0.1, 0.15) is 12.3 Å². The molecule has 1 amide bonds. The number of halogens is 2. The first-order chi connectivity index (χ1) is 13.6. The van der Waals surface area contributed by atoms with E-state index in [9.17, 15) is 4.79 Å². The monoisotopic (exact) mass is 420 g/mol. The van der Waals surface area contributed by atoms with E-state index < -0.39 is 0 Å². The molecule has 144 valence electrons. The predicted octanol–water partition coefficient (Wildman–Crippen LogP) is 4.53. The number of rotatable bonds is 6. The van der Waals surface area contributed by atoms with Crippen molar-refractivity contribution in [2.75, 3.05) is 18.7 Å². The van der Waals surface area contributed by atoms with Crippen molar-refractivity contribution < 1.29 is 23.5 Å². The molecule has 3 aromatic rings. The first-order valence-electron chi connectivity index (χ1n) is 8.26. The topological polar surface area (TPSA) is 82.8 Å². The fraction of sp³-hybridized carbons (Fsp3) is 0.158. The van der Waals surface area contributed by atoms with Gasteiger partial charge in [-0.15, -0.1) is 0 Å². The summed E-state index contributed by atoms with van der Waals surface area (Å²) in [6.07, 6.45) is 0. The van der Waals surface area contributed by atoms with E-state index in [1.165, 1.54) is 0 Å². The van der Waals surface area contributed by atoms with E-state index in [0.29, 0.717) is 38.7 Å². The fourth-order valence-corrected chi connectivity index (χ4v) is 3.16. The maximum atomic E-state index is 12.0. The molecule has 0 saturated carbocycles. The molecule has 4 rings (SSSR count). The van der Waals surface area contributed by atoms with Crippen LogP contribution >= 0.6 is 23.2 Å². The SMILES string of the molecule is O=C(COCc1cc(-c2ccc3c(c2)OCO3)on1)Nc1cc(Cl)cc(Cl)c1. The number of anilines is 1. The number of amides is 1. The van der Waals surface area contributed by atoms with Crippen molar-refractivity contribution in [2.24, 2.45) is 0 Å². The van der Waals surface area contributed by atoms with E-state index in [0.717, 1.165) is 5.56 Å². The van der Waals surface area contributed by atoms with Gasteiger partial charge < -0.3 is 24.1 Å². The molecule has 2 heterocycles. The van der Waals surface area contributed by atoms with Crippen LogP contribution in [0, 0.1) is 0 Å². The molecule has 28 heavy (non-hydrogen) atoms. The van der Waals surface area contributed by atoms with Crippen LogP contribution in [0.1, 0.15) is 5.69 Å². The van der Waals surface area contributed by atoms with E-state index in [4.69, 9.17) is 41.9 Å².